The Kier molecular flexibility index (Phi) is 3.76. The maximum atomic E-state index is 5.63. The fourth-order valence-corrected chi connectivity index (χ4v) is 1.17. The molecule has 0 unspecified atom stereocenters. The van der Waals surface area contributed by atoms with Gasteiger partial charge in [-0.3, -0.25) is 0 Å². The predicted octanol–water partition coefficient (Wildman–Crippen LogP) is 2.43. The van der Waals surface area contributed by atoms with Gasteiger partial charge in [0.1, 0.15) is 5.82 Å². The van der Waals surface area contributed by atoms with E-state index in [0.29, 0.717) is 12.4 Å². The third-order valence-corrected chi connectivity index (χ3v) is 1.86. The largest absolute Gasteiger partial charge is 0.501 e. The van der Waals surface area contributed by atoms with Gasteiger partial charge in [-0.25, -0.2) is 4.98 Å². The molecule has 0 aromatic carbocycles. The van der Waals surface area contributed by atoms with E-state index in [0.717, 1.165) is 10.0 Å². The number of nitrogen functional groups attached to an aromatic ring is 1. The Labute approximate surface area is 85.7 Å². The van der Waals surface area contributed by atoms with E-state index >= 15 is 0 Å². The summed E-state index contributed by atoms with van der Waals surface area (Å²) in [5, 5.41) is 0. The molecule has 0 saturated carbocycles. The van der Waals surface area contributed by atoms with Crippen LogP contribution in [0.3, 0.4) is 0 Å². The molecular formula is C9H11BrN2O. The summed E-state index contributed by atoms with van der Waals surface area (Å²) in [6.07, 6.45) is 5.06. The Morgan fingerprint density at radius 2 is 2.46 bits per heavy atom. The lowest BCUT2D eigenvalue weighted by molar-refractivity contribution is 0.272. The zero-order chi connectivity index (χ0) is 9.68. The van der Waals surface area contributed by atoms with Crippen LogP contribution in [0.2, 0.25) is 0 Å². The summed E-state index contributed by atoms with van der Waals surface area (Å²) in [5.74, 6) is 0.499. The van der Waals surface area contributed by atoms with E-state index in [-0.39, 0.29) is 0 Å². The molecule has 1 aromatic rings. The van der Waals surface area contributed by atoms with Crippen LogP contribution in [0, 0.1) is 0 Å². The number of hydrogen-bond acceptors (Lipinski definition) is 3. The summed E-state index contributed by atoms with van der Waals surface area (Å²) in [6.45, 7) is 2.57. The SMILES string of the molecule is CCOC=Cc1cc(Br)cnc1N. The molecule has 3 nitrogen and oxygen atoms in total. The van der Waals surface area contributed by atoms with Crippen molar-refractivity contribution in [1.82, 2.24) is 4.98 Å². The Morgan fingerprint density at radius 1 is 1.69 bits per heavy atom. The van der Waals surface area contributed by atoms with Crippen molar-refractivity contribution < 1.29 is 4.74 Å². The average Bonchev–Trinajstić information content (AvgIpc) is 2.11. The number of nitrogens with two attached hydrogens (primary N) is 1. The molecule has 0 spiro atoms. The van der Waals surface area contributed by atoms with Gasteiger partial charge in [0.15, 0.2) is 0 Å². The van der Waals surface area contributed by atoms with E-state index in [4.69, 9.17) is 10.5 Å². The number of anilines is 1. The minimum absolute atomic E-state index is 0.499. The molecule has 1 rings (SSSR count). The number of hydrogen-bond donors (Lipinski definition) is 1. The van der Waals surface area contributed by atoms with Crippen LogP contribution in [0.15, 0.2) is 23.0 Å². The minimum atomic E-state index is 0.499. The van der Waals surface area contributed by atoms with Gasteiger partial charge in [0, 0.05) is 16.2 Å². The Morgan fingerprint density at radius 3 is 3.15 bits per heavy atom. The van der Waals surface area contributed by atoms with Gasteiger partial charge >= 0.3 is 0 Å². The summed E-state index contributed by atoms with van der Waals surface area (Å²) in [5.41, 5.74) is 6.48. The molecule has 0 saturated heterocycles. The average molecular weight is 243 g/mol. The normalized spacial score (nSPS) is 10.6. The Hall–Kier alpha value is -1.03. The third kappa shape index (κ3) is 3.06. The molecule has 0 amide bonds. The number of ether oxygens (including phenoxy) is 1. The van der Waals surface area contributed by atoms with Crippen molar-refractivity contribution in [3.63, 3.8) is 0 Å². The van der Waals surface area contributed by atoms with Gasteiger partial charge < -0.3 is 10.5 Å². The zero-order valence-corrected chi connectivity index (χ0v) is 8.91. The molecule has 0 radical (unpaired) electrons. The van der Waals surface area contributed by atoms with Gasteiger partial charge in [-0.2, -0.15) is 0 Å². The molecule has 0 bridgehead atoms. The lowest BCUT2D eigenvalue weighted by Crippen LogP contribution is -1.93. The van der Waals surface area contributed by atoms with Crippen molar-refractivity contribution in [2.75, 3.05) is 12.3 Å². The Bertz CT molecular complexity index is 312. The lowest BCUT2D eigenvalue weighted by atomic mass is 10.2. The van der Waals surface area contributed by atoms with Crippen molar-refractivity contribution in [1.29, 1.82) is 0 Å². The van der Waals surface area contributed by atoms with Gasteiger partial charge in [-0.05, 0) is 35.0 Å². The summed E-state index contributed by atoms with van der Waals surface area (Å²) >= 11 is 3.31. The summed E-state index contributed by atoms with van der Waals surface area (Å²) in [4.78, 5) is 3.98. The topological polar surface area (TPSA) is 48.1 Å². The Balaban J connectivity index is 2.81. The molecule has 2 N–H and O–H groups in total. The highest BCUT2D eigenvalue weighted by Crippen LogP contribution is 2.16. The van der Waals surface area contributed by atoms with E-state index in [1.807, 2.05) is 13.0 Å². The first-order valence-electron chi connectivity index (χ1n) is 3.93. The summed E-state index contributed by atoms with van der Waals surface area (Å²) in [6, 6.07) is 1.89. The summed E-state index contributed by atoms with van der Waals surface area (Å²) in [7, 11) is 0. The second kappa shape index (κ2) is 4.87. The van der Waals surface area contributed by atoms with Crippen LogP contribution in [0.5, 0.6) is 0 Å². The smallest absolute Gasteiger partial charge is 0.130 e. The van der Waals surface area contributed by atoms with Crippen LogP contribution in [0.25, 0.3) is 6.08 Å². The molecule has 1 aromatic heterocycles. The van der Waals surface area contributed by atoms with Gasteiger partial charge in [0.25, 0.3) is 0 Å². The standard InChI is InChI=1S/C9H11BrN2O/c1-2-13-4-3-7-5-8(10)6-12-9(7)11/h3-6H,2H2,1H3,(H2,11,12). The molecule has 0 aliphatic rings. The molecule has 0 aliphatic heterocycles. The van der Waals surface area contributed by atoms with Gasteiger partial charge in [-0.15, -0.1) is 0 Å². The molecule has 0 atom stereocenters. The predicted molar refractivity (Wildman–Crippen MR) is 57.0 cm³/mol. The highest BCUT2D eigenvalue weighted by Gasteiger charge is 1.96. The molecule has 70 valence electrons. The quantitative estimate of drug-likeness (QED) is 0.829. The fraction of sp³-hybridized carbons (Fsp3) is 0.222. The van der Waals surface area contributed by atoms with Gasteiger partial charge in [0.05, 0.1) is 12.9 Å². The van der Waals surface area contributed by atoms with Crippen LogP contribution in [-0.2, 0) is 4.74 Å². The van der Waals surface area contributed by atoms with Crippen LogP contribution in [-0.4, -0.2) is 11.6 Å². The molecule has 0 fully saturated rings. The number of nitrogens with zero attached hydrogens (tertiary/aromatic N) is 1. The highest BCUT2D eigenvalue weighted by atomic mass is 79.9. The fourth-order valence-electron chi connectivity index (χ4n) is 0.817. The second-order valence-corrected chi connectivity index (χ2v) is 3.30. The summed E-state index contributed by atoms with van der Waals surface area (Å²) < 4.78 is 5.95. The van der Waals surface area contributed by atoms with E-state index in [9.17, 15) is 0 Å². The first-order chi connectivity index (χ1) is 6.24. The monoisotopic (exact) mass is 242 g/mol. The van der Waals surface area contributed by atoms with E-state index in [2.05, 4.69) is 20.9 Å². The van der Waals surface area contributed by atoms with Gasteiger partial charge in [-0.1, -0.05) is 0 Å². The molecule has 1 heterocycles. The maximum absolute atomic E-state index is 5.63. The zero-order valence-electron chi connectivity index (χ0n) is 7.33. The van der Waals surface area contributed by atoms with Crippen molar-refractivity contribution in [2.45, 2.75) is 6.92 Å². The first-order valence-corrected chi connectivity index (χ1v) is 4.72. The first kappa shape index (κ1) is 10.1. The third-order valence-electron chi connectivity index (χ3n) is 1.43. The van der Waals surface area contributed by atoms with Crippen molar-refractivity contribution in [3.05, 3.63) is 28.6 Å². The maximum Gasteiger partial charge on any atom is 0.130 e. The molecular weight excluding hydrogens is 232 g/mol. The number of halogens is 1. The number of pyridine rings is 1. The van der Waals surface area contributed by atoms with Crippen molar-refractivity contribution in [2.24, 2.45) is 0 Å². The highest BCUT2D eigenvalue weighted by molar-refractivity contribution is 9.10. The molecule has 4 heteroatoms. The van der Waals surface area contributed by atoms with Crippen LogP contribution in [0.1, 0.15) is 12.5 Å². The lowest BCUT2D eigenvalue weighted by Gasteiger charge is -1.99. The number of aromatic nitrogens is 1. The van der Waals surface area contributed by atoms with Crippen LogP contribution >= 0.6 is 15.9 Å². The van der Waals surface area contributed by atoms with E-state index < -0.39 is 0 Å². The van der Waals surface area contributed by atoms with E-state index in [1.165, 1.54) is 0 Å². The molecule has 0 aliphatic carbocycles. The van der Waals surface area contributed by atoms with Crippen molar-refractivity contribution >= 4 is 27.8 Å². The second-order valence-electron chi connectivity index (χ2n) is 2.39. The minimum Gasteiger partial charge on any atom is -0.501 e. The van der Waals surface area contributed by atoms with Gasteiger partial charge in [0.2, 0.25) is 0 Å². The number of rotatable bonds is 3. The molecule has 13 heavy (non-hydrogen) atoms. The van der Waals surface area contributed by atoms with Crippen molar-refractivity contribution in [3.8, 4) is 0 Å². The van der Waals surface area contributed by atoms with Crippen LogP contribution in [0.4, 0.5) is 5.82 Å². The van der Waals surface area contributed by atoms with Crippen LogP contribution < -0.4 is 5.73 Å². The van der Waals surface area contributed by atoms with E-state index in [1.54, 1.807) is 18.5 Å².